The summed E-state index contributed by atoms with van der Waals surface area (Å²) in [5.74, 6) is 0. The third kappa shape index (κ3) is 5.75. The van der Waals surface area contributed by atoms with Crippen LogP contribution in [-0.4, -0.2) is 0 Å². The van der Waals surface area contributed by atoms with Crippen LogP contribution in [0.1, 0.15) is 0 Å². The molecule has 0 N–H and O–H groups in total. The molecule has 0 atom stereocenters. The predicted octanol–water partition coefficient (Wildman–Crippen LogP) is 14.5. The van der Waals surface area contributed by atoms with Gasteiger partial charge >= 0.3 is 0 Å². The molecule has 1 heterocycles. The zero-order valence-corrected chi connectivity index (χ0v) is 29.3. The van der Waals surface area contributed by atoms with Crippen LogP contribution in [0.4, 0.5) is 51.2 Å². The zero-order chi connectivity index (χ0) is 34.7. The van der Waals surface area contributed by atoms with Crippen LogP contribution in [0.3, 0.4) is 0 Å². The molecule has 52 heavy (non-hydrogen) atoms. The van der Waals surface area contributed by atoms with Crippen molar-refractivity contribution in [1.82, 2.24) is 0 Å². The van der Waals surface area contributed by atoms with E-state index in [1.54, 1.807) is 0 Å². The Hall–Kier alpha value is -6.62. The molecule has 0 saturated heterocycles. The Labute approximate surface area is 308 Å². The van der Waals surface area contributed by atoms with Crippen molar-refractivity contribution in [1.29, 1.82) is 0 Å². The number of benzene rings is 8. The lowest BCUT2D eigenvalue weighted by atomic mass is 10.0. The molecule has 0 spiro atoms. The fourth-order valence-corrected chi connectivity index (χ4v) is 8.41. The smallest absolute Gasteiger partial charge is 0.0641 e. The number of fused-ring (bicyclic) bond motifs is 3. The highest BCUT2D eigenvalue weighted by molar-refractivity contribution is 7.26. The van der Waals surface area contributed by atoms with Crippen molar-refractivity contribution in [3.8, 4) is 0 Å². The second-order valence-corrected chi connectivity index (χ2v) is 13.6. The van der Waals surface area contributed by atoms with E-state index in [1.807, 2.05) is 11.3 Å². The molecule has 0 amide bonds. The van der Waals surface area contributed by atoms with Gasteiger partial charge in [-0.1, -0.05) is 115 Å². The maximum atomic E-state index is 2.40. The quantitative estimate of drug-likeness (QED) is 0.150. The number of nitrogens with zero attached hydrogens (tertiary/aromatic N) is 3. The lowest BCUT2D eigenvalue weighted by Crippen LogP contribution is -2.13. The lowest BCUT2D eigenvalue weighted by Gasteiger charge is -2.30. The molecule has 0 saturated carbocycles. The lowest BCUT2D eigenvalue weighted by molar-refractivity contribution is 1.28. The SMILES string of the molecule is c1ccc(N(c2ccccc2)c2ccc(N(c3ccccc3)c3ccccc3)c3c2sc2cccc(N(c4ccccc4)c4ccccc4)c23)cc1. The molecule has 1 aromatic heterocycles. The molecular weight excluding hydrogens is 651 g/mol. The van der Waals surface area contributed by atoms with Gasteiger partial charge in [0.2, 0.25) is 0 Å². The summed E-state index contributed by atoms with van der Waals surface area (Å²) in [5.41, 5.74) is 10.0. The molecule has 3 nitrogen and oxygen atoms in total. The molecule has 4 heteroatoms. The first-order valence-corrected chi connectivity index (χ1v) is 18.4. The van der Waals surface area contributed by atoms with Crippen LogP contribution in [0, 0.1) is 0 Å². The molecule has 9 rings (SSSR count). The fourth-order valence-electron chi connectivity index (χ4n) is 7.16. The van der Waals surface area contributed by atoms with E-state index in [2.05, 4.69) is 227 Å². The predicted molar refractivity (Wildman–Crippen MR) is 223 cm³/mol. The summed E-state index contributed by atoms with van der Waals surface area (Å²) in [5, 5.41) is 2.42. The molecular formula is C48H35N3S. The molecule has 0 bridgehead atoms. The molecule has 0 aliphatic rings. The van der Waals surface area contributed by atoms with Crippen LogP contribution in [0.5, 0.6) is 0 Å². The van der Waals surface area contributed by atoms with Crippen molar-refractivity contribution < 1.29 is 0 Å². The van der Waals surface area contributed by atoms with E-state index < -0.39 is 0 Å². The van der Waals surface area contributed by atoms with E-state index in [1.165, 1.54) is 20.2 Å². The largest absolute Gasteiger partial charge is 0.310 e. The van der Waals surface area contributed by atoms with Gasteiger partial charge in [-0.2, -0.15) is 0 Å². The van der Waals surface area contributed by atoms with Gasteiger partial charge in [0.1, 0.15) is 0 Å². The minimum Gasteiger partial charge on any atom is -0.310 e. The second kappa shape index (κ2) is 13.9. The number of para-hydroxylation sites is 6. The number of rotatable bonds is 9. The Morgan fingerprint density at radius 2 is 0.558 bits per heavy atom. The summed E-state index contributed by atoms with van der Waals surface area (Å²) in [6.45, 7) is 0. The topological polar surface area (TPSA) is 9.72 Å². The van der Waals surface area contributed by atoms with Gasteiger partial charge in [0.15, 0.2) is 0 Å². The Bertz CT molecular complexity index is 2440. The van der Waals surface area contributed by atoms with Crippen LogP contribution in [0.15, 0.2) is 212 Å². The van der Waals surface area contributed by atoms with E-state index >= 15 is 0 Å². The molecule has 0 unspecified atom stereocenters. The Balaban J connectivity index is 1.42. The molecule has 0 fully saturated rings. The number of thiophene rings is 1. The highest BCUT2D eigenvalue weighted by Crippen LogP contribution is 2.53. The van der Waals surface area contributed by atoms with Gasteiger partial charge in [0.25, 0.3) is 0 Å². The molecule has 0 radical (unpaired) electrons. The fraction of sp³-hybridized carbons (Fsp3) is 0. The summed E-state index contributed by atoms with van der Waals surface area (Å²) in [4.78, 5) is 7.19. The maximum absolute atomic E-state index is 2.40. The number of anilines is 9. The Morgan fingerprint density at radius 3 is 0.923 bits per heavy atom. The standard InChI is InChI=1S/C48H35N3S/c1-7-20-36(21-8-1)49(37-22-9-2-10-23-37)42-32-19-33-45-46(42)47-43(50(38-24-11-3-12-25-38)39-26-13-4-14-27-39)34-35-44(48(47)52-45)51(40-28-15-5-16-29-40)41-30-17-6-18-31-41/h1-35H. The highest BCUT2D eigenvalue weighted by atomic mass is 32.1. The van der Waals surface area contributed by atoms with Crippen molar-refractivity contribution in [2.75, 3.05) is 14.7 Å². The van der Waals surface area contributed by atoms with Crippen LogP contribution < -0.4 is 14.7 Å². The second-order valence-electron chi connectivity index (χ2n) is 12.6. The van der Waals surface area contributed by atoms with Gasteiger partial charge in [0, 0.05) is 49.6 Å². The number of hydrogen-bond acceptors (Lipinski definition) is 4. The molecule has 248 valence electrons. The van der Waals surface area contributed by atoms with Gasteiger partial charge in [0.05, 0.1) is 21.8 Å². The van der Waals surface area contributed by atoms with Crippen molar-refractivity contribution in [3.63, 3.8) is 0 Å². The van der Waals surface area contributed by atoms with E-state index in [4.69, 9.17) is 0 Å². The maximum Gasteiger partial charge on any atom is 0.0641 e. The normalized spacial score (nSPS) is 11.1. The molecule has 0 aliphatic heterocycles. The summed E-state index contributed by atoms with van der Waals surface area (Å²) >= 11 is 1.85. The average Bonchev–Trinajstić information content (AvgIpc) is 3.62. The van der Waals surface area contributed by atoms with E-state index in [9.17, 15) is 0 Å². The van der Waals surface area contributed by atoms with Crippen molar-refractivity contribution in [2.24, 2.45) is 0 Å². The van der Waals surface area contributed by atoms with Crippen molar-refractivity contribution in [2.45, 2.75) is 0 Å². The van der Waals surface area contributed by atoms with Crippen LogP contribution >= 0.6 is 11.3 Å². The van der Waals surface area contributed by atoms with E-state index in [-0.39, 0.29) is 0 Å². The van der Waals surface area contributed by atoms with Crippen molar-refractivity contribution >= 4 is 82.7 Å². The van der Waals surface area contributed by atoms with Crippen molar-refractivity contribution in [3.05, 3.63) is 212 Å². The van der Waals surface area contributed by atoms with Gasteiger partial charge in [-0.25, -0.2) is 0 Å². The summed E-state index contributed by atoms with van der Waals surface area (Å²) in [7, 11) is 0. The summed E-state index contributed by atoms with van der Waals surface area (Å²) in [6, 6.07) is 75.6. The Morgan fingerprint density at radius 1 is 0.250 bits per heavy atom. The van der Waals surface area contributed by atoms with Gasteiger partial charge in [-0.05, 0) is 97.1 Å². The zero-order valence-electron chi connectivity index (χ0n) is 28.5. The minimum atomic E-state index is 1.10. The highest BCUT2D eigenvalue weighted by Gasteiger charge is 2.26. The van der Waals surface area contributed by atoms with Gasteiger partial charge in [-0.15, -0.1) is 11.3 Å². The minimum absolute atomic E-state index is 1.10. The average molecular weight is 686 g/mol. The van der Waals surface area contributed by atoms with Gasteiger partial charge in [-0.3, -0.25) is 0 Å². The Kier molecular flexibility index (Phi) is 8.41. The van der Waals surface area contributed by atoms with Crippen LogP contribution in [-0.2, 0) is 0 Å². The monoisotopic (exact) mass is 685 g/mol. The first kappa shape index (κ1) is 31.4. The third-order valence-corrected chi connectivity index (χ3v) is 10.6. The number of hydrogen-bond donors (Lipinski definition) is 0. The molecule has 0 aliphatic carbocycles. The van der Waals surface area contributed by atoms with Crippen LogP contribution in [0.2, 0.25) is 0 Å². The van der Waals surface area contributed by atoms with Gasteiger partial charge < -0.3 is 14.7 Å². The van der Waals surface area contributed by atoms with E-state index in [0.717, 1.165) is 51.2 Å². The summed E-state index contributed by atoms with van der Waals surface area (Å²) < 4.78 is 2.44. The first-order valence-electron chi connectivity index (χ1n) is 17.5. The molecule has 8 aromatic carbocycles. The van der Waals surface area contributed by atoms with Crippen LogP contribution in [0.25, 0.3) is 20.2 Å². The van der Waals surface area contributed by atoms with E-state index in [0.29, 0.717) is 0 Å². The molecule has 9 aromatic rings. The third-order valence-electron chi connectivity index (χ3n) is 9.39. The first-order chi connectivity index (χ1) is 25.8. The summed E-state index contributed by atoms with van der Waals surface area (Å²) in [6.07, 6.45) is 0.